The van der Waals surface area contributed by atoms with Crippen molar-refractivity contribution >= 4 is 23.9 Å². The van der Waals surface area contributed by atoms with Crippen molar-refractivity contribution in [2.45, 2.75) is 6.92 Å². The van der Waals surface area contributed by atoms with E-state index in [4.69, 9.17) is 14.4 Å². The zero-order valence-electron chi connectivity index (χ0n) is 14.5. The summed E-state index contributed by atoms with van der Waals surface area (Å²) in [7, 11) is 1.30. The van der Waals surface area contributed by atoms with Crippen molar-refractivity contribution in [3.8, 4) is 17.4 Å². The molecule has 0 saturated heterocycles. The Bertz CT molecular complexity index is 1070. The molecule has 0 unspecified atom stereocenters. The first-order valence-corrected chi connectivity index (χ1v) is 7.92. The molecule has 1 aliphatic rings. The van der Waals surface area contributed by atoms with Gasteiger partial charge in [0, 0.05) is 11.1 Å². The first-order valence-electron chi connectivity index (χ1n) is 7.92. The molecule has 27 heavy (non-hydrogen) atoms. The average molecular weight is 362 g/mol. The number of esters is 1. The summed E-state index contributed by atoms with van der Waals surface area (Å²) in [6.07, 6.45) is 1.46. The topological polar surface area (TPSA) is 109 Å². The molecule has 7 heteroatoms. The second kappa shape index (κ2) is 7.14. The van der Waals surface area contributed by atoms with Crippen LogP contribution in [0.1, 0.15) is 23.0 Å². The highest BCUT2D eigenvalue weighted by Gasteiger charge is 2.27. The van der Waals surface area contributed by atoms with Gasteiger partial charge in [0.25, 0.3) is 11.8 Å². The number of hydrogen-bond donors (Lipinski definition) is 1. The minimum atomic E-state index is -0.711. The number of hydrogen-bond acceptors (Lipinski definition) is 6. The third-order valence-corrected chi connectivity index (χ3v) is 4.07. The van der Waals surface area contributed by atoms with Crippen molar-refractivity contribution < 1.29 is 23.5 Å². The fraction of sp³-hybridized carbons (Fsp3) is 0.100. The summed E-state index contributed by atoms with van der Waals surface area (Å²) in [4.78, 5) is 35.4. The van der Waals surface area contributed by atoms with Crippen molar-refractivity contribution in [3.63, 3.8) is 0 Å². The number of carbonyl (C=O) groups excluding carboxylic acids is 3. The molecule has 0 spiro atoms. The van der Waals surface area contributed by atoms with Gasteiger partial charge in [-0.15, -0.1) is 0 Å². The van der Waals surface area contributed by atoms with Gasteiger partial charge >= 0.3 is 5.97 Å². The smallest absolute Gasteiger partial charge is 0.337 e. The molecule has 0 radical (unpaired) electrons. The summed E-state index contributed by atoms with van der Waals surface area (Å²) in [5, 5.41) is 11.2. The molecular weight excluding hydrogens is 348 g/mol. The number of rotatable bonds is 3. The Hall–Kier alpha value is -3.92. The molecule has 134 valence electrons. The Morgan fingerprint density at radius 2 is 2.00 bits per heavy atom. The van der Waals surface area contributed by atoms with Crippen LogP contribution in [-0.4, -0.2) is 24.9 Å². The van der Waals surface area contributed by atoms with Gasteiger partial charge in [-0.25, -0.2) is 4.79 Å². The zero-order chi connectivity index (χ0) is 19.6. The van der Waals surface area contributed by atoms with E-state index in [1.54, 1.807) is 42.5 Å². The Labute approximate surface area is 154 Å². The molecule has 2 amide bonds. The van der Waals surface area contributed by atoms with Crippen molar-refractivity contribution in [1.29, 1.82) is 5.26 Å². The molecule has 0 saturated carbocycles. The van der Waals surface area contributed by atoms with E-state index in [1.807, 2.05) is 0 Å². The summed E-state index contributed by atoms with van der Waals surface area (Å²) in [5.41, 5.74) is 1.40. The molecule has 2 aromatic rings. The predicted molar refractivity (Wildman–Crippen MR) is 94.9 cm³/mol. The highest BCUT2D eigenvalue weighted by Crippen LogP contribution is 2.27. The van der Waals surface area contributed by atoms with Crippen molar-refractivity contribution in [1.82, 2.24) is 5.32 Å². The highest BCUT2D eigenvalue weighted by atomic mass is 16.5. The number of benzene rings is 1. The van der Waals surface area contributed by atoms with Crippen LogP contribution in [-0.2, 0) is 14.3 Å². The Kier molecular flexibility index (Phi) is 4.73. The number of nitrogens with one attached hydrogen (secondary N) is 1. The van der Waals surface area contributed by atoms with Crippen LogP contribution in [0.2, 0.25) is 0 Å². The molecule has 3 rings (SSSR count). The van der Waals surface area contributed by atoms with Crippen LogP contribution < -0.4 is 5.32 Å². The van der Waals surface area contributed by atoms with E-state index < -0.39 is 17.8 Å². The molecular formula is C20H14N2O5. The van der Waals surface area contributed by atoms with E-state index in [0.717, 1.165) is 0 Å². The minimum absolute atomic E-state index is 0.113. The largest absolute Gasteiger partial charge is 0.465 e. The predicted octanol–water partition coefficient (Wildman–Crippen LogP) is 2.61. The van der Waals surface area contributed by atoms with Crippen LogP contribution in [0, 0.1) is 11.3 Å². The van der Waals surface area contributed by atoms with Crippen molar-refractivity contribution in [2.24, 2.45) is 0 Å². The molecule has 0 atom stereocenters. The van der Waals surface area contributed by atoms with E-state index >= 15 is 0 Å². The lowest BCUT2D eigenvalue weighted by atomic mass is 9.96. The van der Waals surface area contributed by atoms with Crippen molar-refractivity contribution in [2.75, 3.05) is 7.11 Å². The lowest BCUT2D eigenvalue weighted by molar-refractivity contribution is -0.126. The SMILES string of the molecule is COC(=O)c1cccc(-c2ccc(/C=C3\C(=O)NC(=O)C(C#N)=C3C)o2)c1. The number of ether oxygens (including phenoxy) is 1. The standard InChI is InChI=1S/C20H14N2O5/c1-11-15(18(23)22-19(24)16(11)10-21)9-14-6-7-17(27-14)12-4-3-5-13(8-12)20(25)26-2/h3-9H,1-2H3,(H,22,23,24)/b15-9-. The number of nitrogens with zero attached hydrogens (tertiary/aromatic N) is 1. The van der Waals surface area contributed by atoms with Gasteiger partial charge < -0.3 is 9.15 Å². The third-order valence-electron chi connectivity index (χ3n) is 4.07. The van der Waals surface area contributed by atoms with Crippen LogP contribution in [0.3, 0.4) is 0 Å². The van der Waals surface area contributed by atoms with Crippen LogP contribution in [0.15, 0.2) is 57.5 Å². The first kappa shape index (κ1) is 17.9. The molecule has 7 nitrogen and oxygen atoms in total. The highest BCUT2D eigenvalue weighted by molar-refractivity contribution is 6.19. The number of carbonyl (C=O) groups is 3. The van der Waals surface area contributed by atoms with E-state index in [9.17, 15) is 14.4 Å². The molecule has 0 bridgehead atoms. The van der Waals surface area contributed by atoms with E-state index in [2.05, 4.69) is 5.32 Å². The van der Waals surface area contributed by atoms with Crippen LogP contribution in [0.25, 0.3) is 17.4 Å². The van der Waals surface area contributed by atoms with Gasteiger partial charge in [-0.2, -0.15) is 5.26 Å². The average Bonchev–Trinajstić information content (AvgIpc) is 3.13. The minimum Gasteiger partial charge on any atom is -0.465 e. The lowest BCUT2D eigenvalue weighted by Gasteiger charge is -2.15. The van der Waals surface area contributed by atoms with Gasteiger partial charge in [-0.1, -0.05) is 12.1 Å². The van der Waals surface area contributed by atoms with E-state index in [1.165, 1.54) is 20.1 Å². The Balaban J connectivity index is 1.97. The quantitative estimate of drug-likeness (QED) is 0.511. The summed E-state index contributed by atoms with van der Waals surface area (Å²) in [6, 6.07) is 11.9. The fourth-order valence-corrected chi connectivity index (χ4v) is 2.66. The van der Waals surface area contributed by atoms with Gasteiger partial charge in [0.1, 0.15) is 23.2 Å². The molecule has 1 aromatic heterocycles. The second-order valence-corrected chi connectivity index (χ2v) is 5.73. The number of methoxy groups -OCH3 is 1. The summed E-state index contributed by atoms with van der Waals surface area (Å²) >= 11 is 0. The Morgan fingerprint density at radius 3 is 2.70 bits per heavy atom. The molecule has 0 fully saturated rings. The zero-order valence-corrected chi connectivity index (χ0v) is 14.5. The maximum Gasteiger partial charge on any atom is 0.337 e. The molecule has 1 aliphatic heterocycles. The summed E-state index contributed by atoms with van der Waals surface area (Å²) in [5.74, 6) is -0.912. The first-order chi connectivity index (χ1) is 12.9. The van der Waals surface area contributed by atoms with Gasteiger partial charge in [0.2, 0.25) is 0 Å². The molecule has 1 N–H and O–H groups in total. The van der Waals surface area contributed by atoms with Crippen molar-refractivity contribution in [3.05, 3.63) is 64.4 Å². The van der Waals surface area contributed by atoms with Crippen LogP contribution >= 0.6 is 0 Å². The van der Waals surface area contributed by atoms with Crippen LogP contribution in [0.5, 0.6) is 0 Å². The van der Waals surface area contributed by atoms with E-state index in [0.29, 0.717) is 22.6 Å². The lowest BCUT2D eigenvalue weighted by Crippen LogP contribution is -2.37. The summed E-state index contributed by atoms with van der Waals surface area (Å²) < 4.78 is 10.4. The number of amides is 2. The fourth-order valence-electron chi connectivity index (χ4n) is 2.66. The molecule has 1 aromatic carbocycles. The number of furan rings is 1. The van der Waals surface area contributed by atoms with Crippen LogP contribution in [0.4, 0.5) is 0 Å². The third kappa shape index (κ3) is 3.41. The van der Waals surface area contributed by atoms with Gasteiger partial charge in [-0.05, 0) is 42.8 Å². The second-order valence-electron chi connectivity index (χ2n) is 5.73. The normalized spacial score (nSPS) is 15.5. The Morgan fingerprint density at radius 1 is 1.22 bits per heavy atom. The maximum atomic E-state index is 12.1. The monoisotopic (exact) mass is 362 g/mol. The van der Waals surface area contributed by atoms with Gasteiger partial charge in [0.15, 0.2) is 0 Å². The molecule has 2 heterocycles. The molecule has 0 aliphatic carbocycles. The summed E-state index contributed by atoms with van der Waals surface area (Å²) in [6.45, 7) is 1.53. The van der Waals surface area contributed by atoms with E-state index in [-0.39, 0.29) is 16.7 Å². The number of nitriles is 1. The maximum absolute atomic E-state index is 12.1. The number of imide groups is 1. The van der Waals surface area contributed by atoms with Gasteiger partial charge in [-0.3, -0.25) is 14.9 Å². The van der Waals surface area contributed by atoms with Gasteiger partial charge in [0.05, 0.1) is 12.7 Å².